The van der Waals surface area contributed by atoms with Crippen molar-refractivity contribution in [3.63, 3.8) is 0 Å². The normalized spacial score (nSPS) is 15.2. The number of aryl methyl sites for hydroxylation is 1. The summed E-state index contributed by atoms with van der Waals surface area (Å²) >= 11 is 0. The van der Waals surface area contributed by atoms with E-state index < -0.39 is 0 Å². The molecule has 2 heterocycles. The van der Waals surface area contributed by atoms with Crippen LogP contribution in [0.3, 0.4) is 0 Å². The monoisotopic (exact) mass is 352 g/mol. The number of nitrogens with zero attached hydrogens (tertiary/aromatic N) is 5. The number of guanidine groups is 1. The van der Waals surface area contributed by atoms with Crippen molar-refractivity contribution < 1.29 is 0 Å². The van der Waals surface area contributed by atoms with E-state index >= 15 is 0 Å². The number of rotatable bonds is 5. The van der Waals surface area contributed by atoms with Crippen molar-refractivity contribution in [2.75, 3.05) is 37.6 Å². The highest BCUT2D eigenvalue weighted by molar-refractivity contribution is 5.80. The Morgan fingerprint density at radius 2 is 1.69 bits per heavy atom. The standard InChI is InChI=1S/C20H28N6/c1-3-17-8-5-6-9-18(17)16-24-19(21-4-2)25-12-14-26(15-13-25)20-22-10-7-11-23-20/h5-11H,3-4,12-16H2,1-2H3,(H,21,24). The molecule has 1 aliphatic rings. The van der Waals surface area contributed by atoms with Crippen molar-refractivity contribution in [3.05, 3.63) is 53.9 Å². The zero-order chi connectivity index (χ0) is 18.2. The Balaban J connectivity index is 1.65. The first-order valence-corrected chi connectivity index (χ1v) is 9.43. The zero-order valence-electron chi connectivity index (χ0n) is 15.7. The van der Waals surface area contributed by atoms with Crippen molar-refractivity contribution in [3.8, 4) is 0 Å². The van der Waals surface area contributed by atoms with Crippen molar-refractivity contribution in [1.29, 1.82) is 0 Å². The number of aliphatic imine (C=N–C) groups is 1. The van der Waals surface area contributed by atoms with E-state index in [1.165, 1.54) is 11.1 Å². The largest absolute Gasteiger partial charge is 0.357 e. The smallest absolute Gasteiger partial charge is 0.225 e. The van der Waals surface area contributed by atoms with Crippen LogP contribution >= 0.6 is 0 Å². The van der Waals surface area contributed by atoms with Crippen LogP contribution < -0.4 is 10.2 Å². The minimum absolute atomic E-state index is 0.717. The average molecular weight is 352 g/mol. The fraction of sp³-hybridized carbons (Fsp3) is 0.450. The Labute approximate surface area is 156 Å². The molecule has 1 N–H and O–H groups in total. The van der Waals surface area contributed by atoms with Crippen LogP contribution in [0.4, 0.5) is 5.95 Å². The van der Waals surface area contributed by atoms with E-state index in [0.29, 0.717) is 6.54 Å². The molecule has 0 amide bonds. The van der Waals surface area contributed by atoms with Crippen LogP contribution in [-0.4, -0.2) is 53.6 Å². The maximum atomic E-state index is 4.90. The number of aromatic nitrogens is 2. The van der Waals surface area contributed by atoms with Crippen LogP contribution in [0.2, 0.25) is 0 Å². The minimum atomic E-state index is 0.717. The maximum absolute atomic E-state index is 4.90. The van der Waals surface area contributed by atoms with Gasteiger partial charge in [-0.05, 0) is 30.5 Å². The predicted molar refractivity (Wildman–Crippen MR) is 106 cm³/mol. The quantitative estimate of drug-likeness (QED) is 0.661. The molecule has 1 aromatic heterocycles. The lowest BCUT2D eigenvalue weighted by Crippen LogP contribution is -2.53. The highest BCUT2D eigenvalue weighted by atomic mass is 15.4. The SMILES string of the molecule is CCNC(=NCc1ccccc1CC)N1CCN(c2ncccn2)CC1. The summed E-state index contributed by atoms with van der Waals surface area (Å²) in [5.41, 5.74) is 2.68. The number of anilines is 1. The van der Waals surface area contributed by atoms with Crippen molar-refractivity contribution in [2.45, 2.75) is 26.8 Å². The molecular weight excluding hydrogens is 324 g/mol. The molecule has 3 rings (SSSR count). The molecule has 2 aromatic rings. The Bertz CT molecular complexity index is 707. The van der Waals surface area contributed by atoms with Gasteiger partial charge in [0.2, 0.25) is 5.95 Å². The van der Waals surface area contributed by atoms with E-state index in [9.17, 15) is 0 Å². The third-order valence-electron chi connectivity index (χ3n) is 4.65. The van der Waals surface area contributed by atoms with Gasteiger partial charge in [-0.15, -0.1) is 0 Å². The predicted octanol–water partition coefficient (Wildman–Crippen LogP) is 2.33. The first-order valence-electron chi connectivity index (χ1n) is 9.43. The van der Waals surface area contributed by atoms with E-state index in [-0.39, 0.29) is 0 Å². The molecule has 1 aromatic carbocycles. The molecule has 0 spiro atoms. The first kappa shape index (κ1) is 18.2. The number of hydrogen-bond acceptors (Lipinski definition) is 4. The van der Waals surface area contributed by atoms with Gasteiger partial charge < -0.3 is 15.1 Å². The lowest BCUT2D eigenvalue weighted by atomic mass is 10.1. The van der Waals surface area contributed by atoms with Gasteiger partial charge in [-0.2, -0.15) is 0 Å². The highest BCUT2D eigenvalue weighted by Crippen LogP contribution is 2.13. The third-order valence-corrected chi connectivity index (χ3v) is 4.65. The summed E-state index contributed by atoms with van der Waals surface area (Å²) in [6, 6.07) is 10.4. The van der Waals surface area contributed by atoms with Gasteiger partial charge >= 0.3 is 0 Å². The second-order valence-corrected chi connectivity index (χ2v) is 6.32. The van der Waals surface area contributed by atoms with E-state index in [2.05, 4.69) is 63.2 Å². The van der Waals surface area contributed by atoms with Gasteiger partial charge in [-0.25, -0.2) is 15.0 Å². The first-order chi connectivity index (χ1) is 12.8. The molecule has 26 heavy (non-hydrogen) atoms. The number of piperazine rings is 1. The lowest BCUT2D eigenvalue weighted by Gasteiger charge is -2.36. The van der Waals surface area contributed by atoms with Crippen molar-refractivity contribution >= 4 is 11.9 Å². The van der Waals surface area contributed by atoms with Crippen molar-refractivity contribution in [2.24, 2.45) is 4.99 Å². The second kappa shape index (κ2) is 9.17. The molecule has 6 heteroatoms. The Kier molecular flexibility index (Phi) is 6.41. The lowest BCUT2D eigenvalue weighted by molar-refractivity contribution is 0.370. The van der Waals surface area contributed by atoms with Crippen molar-refractivity contribution in [1.82, 2.24) is 20.2 Å². The average Bonchev–Trinajstić information content (AvgIpc) is 2.72. The van der Waals surface area contributed by atoms with Crippen LogP contribution in [0.1, 0.15) is 25.0 Å². The summed E-state index contributed by atoms with van der Waals surface area (Å²) in [6.45, 7) is 9.53. The van der Waals surface area contributed by atoms with Gasteiger partial charge in [0.1, 0.15) is 0 Å². The van der Waals surface area contributed by atoms with E-state index in [1.807, 2.05) is 6.07 Å². The summed E-state index contributed by atoms with van der Waals surface area (Å²) in [6.07, 6.45) is 4.63. The Morgan fingerprint density at radius 3 is 2.35 bits per heavy atom. The fourth-order valence-electron chi connectivity index (χ4n) is 3.22. The second-order valence-electron chi connectivity index (χ2n) is 6.32. The Hall–Kier alpha value is -2.63. The van der Waals surface area contributed by atoms with Crippen LogP contribution in [0.5, 0.6) is 0 Å². The van der Waals surface area contributed by atoms with Gasteiger partial charge in [0.25, 0.3) is 0 Å². The molecule has 0 atom stereocenters. The molecule has 1 saturated heterocycles. The fourth-order valence-corrected chi connectivity index (χ4v) is 3.22. The van der Waals surface area contributed by atoms with Gasteiger partial charge in [0.15, 0.2) is 5.96 Å². The summed E-state index contributed by atoms with van der Waals surface area (Å²) in [7, 11) is 0. The van der Waals surface area contributed by atoms with Crippen LogP contribution in [0.15, 0.2) is 47.7 Å². The van der Waals surface area contributed by atoms with Gasteiger partial charge in [0, 0.05) is 45.1 Å². The summed E-state index contributed by atoms with van der Waals surface area (Å²) in [5.74, 6) is 1.80. The number of nitrogens with one attached hydrogen (secondary N) is 1. The Morgan fingerprint density at radius 1 is 1.00 bits per heavy atom. The number of hydrogen-bond donors (Lipinski definition) is 1. The molecule has 1 fully saturated rings. The molecule has 0 unspecified atom stereocenters. The molecule has 138 valence electrons. The van der Waals surface area contributed by atoms with E-state index in [0.717, 1.165) is 51.1 Å². The number of benzene rings is 1. The van der Waals surface area contributed by atoms with Crippen LogP contribution in [0, 0.1) is 0 Å². The van der Waals surface area contributed by atoms with E-state index in [4.69, 9.17) is 4.99 Å². The molecule has 0 radical (unpaired) electrons. The summed E-state index contributed by atoms with van der Waals surface area (Å²) < 4.78 is 0. The van der Waals surface area contributed by atoms with Gasteiger partial charge in [0.05, 0.1) is 6.54 Å². The molecule has 0 bridgehead atoms. The van der Waals surface area contributed by atoms with Crippen LogP contribution in [-0.2, 0) is 13.0 Å². The zero-order valence-corrected chi connectivity index (χ0v) is 15.7. The van der Waals surface area contributed by atoms with Gasteiger partial charge in [-0.1, -0.05) is 31.2 Å². The third kappa shape index (κ3) is 4.50. The molecular formula is C20H28N6. The molecule has 0 saturated carbocycles. The summed E-state index contributed by atoms with van der Waals surface area (Å²) in [5, 5.41) is 3.44. The molecule has 0 aliphatic carbocycles. The highest BCUT2D eigenvalue weighted by Gasteiger charge is 2.21. The maximum Gasteiger partial charge on any atom is 0.225 e. The van der Waals surface area contributed by atoms with Crippen LogP contribution in [0.25, 0.3) is 0 Å². The summed E-state index contributed by atoms with van der Waals surface area (Å²) in [4.78, 5) is 18.2. The van der Waals surface area contributed by atoms with Gasteiger partial charge in [-0.3, -0.25) is 0 Å². The van der Waals surface area contributed by atoms with E-state index in [1.54, 1.807) is 12.4 Å². The molecule has 6 nitrogen and oxygen atoms in total. The minimum Gasteiger partial charge on any atom is -0.357 e. The molecule has 1 aliphatic heterocycles. The topological polar surface area (TPSA) is 56.7 Å².